The first kappa shape index (κ1) is 15.2. The maximum atomic E-state index is 6.68. The molecule has 0 bridgehead atoms. The van der Waals surface area contributed by atoms with Gasteiger partial charge in [0.25, 0.3) is 0 Å². The molecule has 3 aromatic carbocycles. The van der Waals surface area contributed by atoms with Gasteiger partial charge >= 0.3 is 0 Å². The van der Waals surface area contributed by atoms with Crippen molar-refractivity contribution in [2.24, 2.45) is 0 Å². The summed E-state index contributed by atoms with van der Waals surface area (Å²) < 4.78 is 1.05. The van der Waals surface area contributed by atoms with Crippen molar-refractivity contribution < 1.29 is 0 Å². The lowest BCUT2D eigenvalue weighted by Gasteiger charge is -2.15. The third kappa shape index (κ3) is 2.93. The Morgan fingerprint density at radius 3 is 2.19 bits per heavy atom. The molecule has 0 aromatic heterocycles. The zero-order valence-electron chi connectivity index (χ0n) is 10.8. The highest BCUT2D eigenvalue weighted by molar-refractivity contribution is 9.10. The Bertz CT molecular complexity index is 814. The van der Waals surface area contributed by atoms with Crippen LogP contribution >= 0.6 is 50.7 Å². The van der Waals surface area contributed by atoms with Crippen LogP contribution in [0.15, 0.2) is 59.1 Å². The Kier molecular flexibility index (Phi) is 4.46. The van der Waals surface area contributed by atoms with Crippen LogP contribution in [0.2, 0.25) is 10.0 Å². The normalized spacial score (nSPS) is 12.6. The van der Waals surface area contributed by atoms with Crippen LogP contribution in [0, 0.1) is 0 Å². The number of rotatable bonds is 2. The molecular weight excluding hydrogens is 390 g/mol. The second-order valence-corrected chi connectivity index (χ2v) is 6.84. The Labute approximate surface area is 146 Å². The zero-order chi connectivity index (χ0) is 15.0. The van der Waals surface area contributed by atoms with E-state index in [1.165, 1.54) is 0 Å². The molecule has 0 aliphatic rings. The first-order valence-electron chi connectivity index (χ1n) is 6.34. The molecule has 0 aliphatic heterocycles. The topological polar surface area (TPSA) is 0 Å². The highest BCUT2D eigenvalue weighted by Gasteiger charge is 2.17. The summed E-state index contributed by atoms with van der Waals surface area (Å²) in [6.07, 6.45) is 0. The number of alkyl halides is 1. The first-order valence-corrected chi connectivity index (χ1v) is 8.32. The fraction of sp³-hybridized carbons (Fsp3) is 0.0588. The number of benzene rings is 3. The Morgan fingerprint density at radius 2 is 1.48 bits per heavy atom. The van der Waals surface area contributed by atoms with Crippen LogP contribution in [0.1, 0.15) is 16.5 Å². The van der Waals surface area contributed by atoms with Crippen molar-refractivity contribution in [2.75, 3.05) is 0 Å². The third-order valence-electron chi connectivity index (χ3n) is 3.41. The molecule has 21 heavy (non-hydrogen) atoms. The molecule has 106 valence electrons. The predicted molar refractivity (Wildman–Crippen MR) is 95.8 cm³/mol. The second kappa shape index (κ2) is 6.18. The molecule has 0 saturated carbocycles. The Morgan fingerprint density at radius 1 is 0.810 bits per heavy atom. The number of fused-ring (bicyclic) bond motifs is 1. The lowest BCUT2D eigenvalue weighted by Crippen LogP contribution is -1.96. The minimum atomic E-state index is -0.326. The van der Waals surface area contributed by atoms with E-state index in [4.69, 9.17) is 34.8 Å². The van der Waals surface area contributed by atoms with Gasteiger partial charge in [-0.1, -0.05) is 75.5 Å². The van der Waals surface area contributed by atoms with Crippen LogP contribution in [-0.2, 0) is 0 Å². The number of halogens is 4. The molecule has 4 heteroatoms. The van der Waals surface area contributed by atoms with E-state index in [0.29, 0.717) is 10.0 Å². The molecule has 3 aromatic rings. The van der Waals surface area contributed by atoms with E-state index < -0.39 is 0 Å². The van der Waals surface area contributed by atoms with Crippen molar-refractivity contribution in [2.45, 2.75) is 5.38 Å². The maximum Gasteiger partial charge on any atom is 0.0855 e. The molecule has 0 spiro atoms. The standard InChI is InChI=1S/C17H10BrCl3/c18-15-8-7-13(11-3-1-2-4-12(11)15)17(21)14-6-5-10(19)9-16(14)20/h1-9,17H. The second-order valence-electron chi connectivity index (χ2n) is 4.71. The molecule has 0 heterocycles. The van der Waals surface area contributed by atoms with Crippen molar-refractivity contribution in [3.8, 4) is 0 Å². The van der Waals surface area contributed by atoms with Gasteiger partial charge in [0.1, 0.15) is 0 Å². The van der Waals surface area contributed by atoms with Crippen molar-refractivity contribution in [3.63, 3.8) is 0 Å². The largest absolute Gasteiger partial charge is 0.113 e. The van der Waals surface area contributed by atoms with E-state index in [2.05, 4.69) is 28.1 Å². The molecular formula is C17H10BrCl3. The fourth-order valence-corrected chi connectivity index (χ4v) is 3.81. The summed E-state index contributed by atoms with van der Waals surface area (Å²) in [5, 5.41) is 3.10. The maximum absolute atomic E-state index is 6.68. The molecule has 0 N–H and O–H groups in total. The van der Waals surface area contributed by atoms with Crippen LogP contribution in [-0.4, -0.2) is 0 Å². The highest BCUT2D eigenvalue weighted by atomic mass is 79.9. The van der Waals surface area contributed by atoms with E-state index in [1.807, 2.05) is 30.3 Å². The molecule has 0 saturated heterocycles. The quantitative estimate of drug-likeness (QED) is 0.398. The van der Waals surface area contributed by atoms with Crippen molar-refractivity contribution >= 4 is 61.5 Å². The van der Waals surface area contributed by atoms with Gasteiger partial charge in [-0.15, -0.1) is 11.6 Å². The van der Waals surface area contributed by atoms with Crippen LogP contribution in [0.3, 0.4) is 0 Å². The van der Waals surface area contributed by atoms with E-state index in [1.54, 1.807) is 12.1 Å². The molecule has 0 amide bonds. The summed E-state index contributed by atoms with van der Waals surface area (Å²) in [4.78, 5) is 0. The molecule has 0 nitrogen and oxygen atoms in total. The van der Waals surface area contributed by atoms with Gasteiger partial charge in [0, 0.05) is 14.5 Å². The highest BCUT2D eigenvalue weighted by Crippen LogP contribution is 2.39. The van der Waals surface area contributed by atoms with Gasteiger partial charge in [0.15, 0.2) is 0 Å². The lowest BCUT2D eigenvalue weighted by atomic mass is 9.98. The van der Waals surface area contributed by atoms with Crippen molar-refractivity contribution in [1.82, 2.24) is 0 Å². The summed E-state index contributed by atoms with van der Waals surface area (Å²) in [5.74, 6) is 0. The van der Waals surface area contributed by atoms with Crippen LogP contribution < -0.4 is 0 Å². The van der Waals surface area contributed by atoms with Gasteiger partial charge in [-0.25, -0.2) is 0 Å². The molecule has 1 unspecified atom stereocenters. The van der Waals surface area contributed by atoms with Gasteiger partial charge < -0.3 is 0 Å². The summed E-state index contributed by atoms with van der Waals surface area (Å²) >= 11 is 22.5. The molecule has 3 rings (SSSR count). The van der Waals surface area contributed by atoms with Crippen molar-refractivity contribution in [3.05, 3.63) is 80.2 Å². The van der Waals surface area contributed by atoms with E-state index >= 15 is 0 Å². The summed E-state index contributed by atoms with van der Waals surface area (Å²) in [7, 11) is 0. The smallest absolute Gasteiger partial charge is 0.0855 e. The van der Waals surface area contributed by atoms with Crippen molar-refractivity contribution in [1.29, 1.82) is 0 Å². The molecule has 0 fully saturated rings. The van der Waals surface area contributed by atoms with Gasteiger partial charge in [-0.2, -0.15) is 0 Å². The molecule has 0 radical (unpaired) electrons. The van der Waals surface area contributed by atoms with Gasteiger partial charge in [0.05, 0.1) is 5.38 Å². The van der Waals surface area contributed by atoms with E-state index in [0.717, 1.165) is 26.4 Å². The monoisotopic (exact) mass is 398 g/mol. The predicted octanol–water partition coefficient (Wildman–Crippen LogP) is 7.24. The summed E-state index contributed by atoms with van der Waals surface area (Å²) in [6, 6.07) is 17.6. The van der Waals surface area contributed by atoms with Crippen LogP contribution in [0.5, 0.6) is 0 Å². The Hall–Kier alpha value is -0.730. The average molecular weight is 401 g/mol. The lowest BCUT2D eigenvalue weighted by molar-refractivity contribution is 1.16. The zero-order valence-corrected chi connectivity index (χ0v) is 14.6. The minimum Gasteiger partial charge on any atom is -0.113 e. The van der Waals surface area contributed by atoms with Gasteiger partial charge in [-0.3, -0.25) is 0 Å². The SMILES string of the molecule is Clc1ccc(C(Cl)c2ccc(Br)c3ccccc23)c(Cl)c1. The first-order chi connectivity index (χ1) is 10.1. The number of hydrogen-bond acceptors (Lipinski definition) is 0. The van der Waals surface area contributed by atoms with Gasteiger partial charge in [-0.05, 0) is 40.1 Å². The molecule has 0 aliphatic carbocycles. The van der Waals surface area contributed by atoms with Gasteiger partial charge in [0.2, 0.25) is 0 Å². The van der Waals surface area contributed by atoms with E-state index in [-0.39, 0.29) is 5.38 Å². The van der Waals surface area contributed by atoms with Crippen LogP contribution in [0.4, 0.5) is 0 Å². The summed E-state index contributed by atoms with van der Waals surface area (Å²) in [6.45, 7) is 0. The average Bonchev–Trinajstić information content (AvgIpc) is 2.47. The Balaban J connectivity index is 2.18. The summed E-state index contributed by atoms with van der Waals surface area (Å²) in [5.41, 5.74) is 1.88. The molecule has 1 atom stereocenters. The van der Waals surface area contributed by atoms with E-state index in [9.17, 15) is 0 Å². The fourth-order valence-electron chi connectivity index (χ4n) is 2.38. The van der Waals surface area contributed by atoms with Crippen LogP contribution in [0.25, 0.3) is 10.8 Å². The number of hydrogen-bond donors (Lipinski definition) is 0. The third-order valence-corrected chi connectivity index (χ3v) is 5.14. The minimum absolute atomic E-state index is 0.326.